The Hall–Kier alpha value is -4.89. The van der Waals surface area contributed by atoms with Crippen LogP contribution in [-0.4, -0.2) is 14.2 Å². The summed E-state index contributed by atoms with van der Waals surface area (Å²) in [4.78, 5) is 0. The van der Waals surface area contributed by atoms with E-state index in [1.165, 1.54) is 66.8 Å². The van der Waals surface area contributed by atoms with Gasteiger partial charge in [0.15, 0.2) is 0 Å². The third kappa shape index (κ3) is 3.76. The van der Waals surface area contributed by atoms with Gasteiger partial charge in [-0.15, -0.1) is 0 Å². The molecule has 0 aliphatic heterocycles. The number of pyridine rings is 1. The second kappa shape index (κ2) is 9.35. The Morgan fingerprint density at radius 2 is 1.20 bits per heavy atom. The van der Waals surface area contributed by atoms with Crippen LogP contribution in [0.3, 0.4) is 0 Å². The van der Waals surface area contributed by atoms with E-state index in [1.807, 2.05) is 6.20 Å². The summed E-state index contributed by atoms with van der Waals surface area (Å²) >= 11 is 0. The number of benzene rings is 5. The Morgan fingerprint density at radius 1 is 0.585 bits per heavy atom. The third-order valence-corrected chi connectivity index (χ3v) is 8.84. The van der Waals surface area contributed by atoms with Gasteiger partial charge in [-0.05, 0) is 82.9 Å². The smallest absolute Gasteiger partial charge is 0.0747 e. The minimum absolute atomic E-state index is 0.701. The highest BCUT2D eigenvalue weighted by Gasteiger charge is 2.15. The van der Waals surface area contributed by atoms with Crippen molar-refractivity contribution in [2.24, 2.45) is 5.92 Å². The second-order valence-electron chi connectivity index (χ2n) is 11.4. The van der Waals surface area contributed by atoms with Gasteiger partial charge in [0.05, 0.1) is 28.3 Å². The molecule has 0 bridgehead atoms. The van der Waals surface area contributed by atoms with Crippen molar-refractivity contribution in [2.45, 2.75) is 26.7 Å². The van der Waals surface area contributed by atoms with Gasteiger partial charge < -0.3 is 4.57 Å². The molecule has 8 rings (SSSR count). The van der Waals surface area contributed by atoms with Gasteiger partial charge in [-0.25, -0.2) is 4.52 Å². The molecule has 5 aromatic carbocycles. The maximum absolute atomic E-state index is 4.60. The Labute approximate surface area is 239 Å². The van der Waals surface area contributed by atoms with Gasteiger partial charge in [-0.2, -0.15) is 5.10 Å². The minimum Gasteiger partial charge on any atom is -0.309 e. The Kier molecular flexibility index (Phi) is 5.46. The van der Waals surface area contributed by atoms with E-state index in [2.05, 4.69) is 143 Å². The van der Waals surface area contributed by atoms with Gasteiger partial charge in [0.25, 0.3) is 0 Å². The molecule has 198 valence electrons. The van der Waals surface area contributed by atoms with Crippen LogP contribution in [0, 0.1) is 5.92 Å². The fourth-order valence-corrected chi connectivity index (χ4v) is 6.51. The van der Waals surface area contributed by atoms with Gasteiger partial charge in [0.1, 0.15) is 0 Å². The molecule has 0 fully saturated rings. The molecule has 0 radical (unpaired) electrons. The van der Waals surface area contributed by atoms with Crippen molar-refractivity contribution >= 4 is 49.0 Å². The molecule has 3 aromatic heterocycles. The molecule has 0 spiro atoms. The summed E-state index contributed by atoms with van der Waals surface area (Å²) < 4.78 is 4.46. The van der Waals surface area contributed by atoms with Crippen molar-refractivity contribution in [3.63, 3.8) is 0 Å². The largest absolute Gasteiger partial charge is 0.309 e. The summed E-state index contributed by atoms with van der Waals surface area (Å²) in [6.07, 6.45) is 4.22. The Balaban J connectivity index is 1.30. The lowest BCUT2D eigenvalue weighted by Crippen LogP contribution is -1.99. The molecule has 0 amide bonds. The molecule has 1 unspecified atom stereocenters. The van der Waals surface area contributed by atoms with E-state index < -0.39 is 0 Å². The number of aromatic nitrogens is 3. The van der Waals surface area contributed by atoms with E-state index in [9.17, 15) is 0 Å². The SMILES string of the molecule is CCC(C)Cc1ccc(-n2c3ccccc3c3cc(-c4ccc5c(c4)c4ccccc4n4nccc54)ccc32)cc1. The van der Waals surface area contributed by atoms with Crippen LogP contribution in [0.15, 0.2) is 121 Å². The summed E-state index contributed by atoms with van der Waals surface area (Å²) in [6.45, 7) is 4.60. The average Bonchev–Trinajstić information content (AvgIpc) is 3.65. The van der Waals surface area contributed by atoms with Gasteiger partial charge in [0, 0.05) is 27.2 Å². The molecule has 1 atom stereocenters. The van der Waals surface area contributed by atoms with Gasteiger partial charge >= 0.3 is 0 Å². The zero-order chi connectivity index (χ0) is 27.5. The molecule has 0 aliphatic rings. The first-order valence-corrected chi connectivity index (χ1v) is 14.6. The highest BCUT2D eigenvalue weighted by atomic mass is 15.2. The first kappa shape index (κ1) is 24.0. The molecule has 3 heteroatoms. The predicted molar refractivity (Wildman–Crippen MR) is 173 cm³/mol. The second-order valence-corrected chi connectivity index (χ2v) is 11.4. The lowest BCUT2D eigenvalue weighted by molar-refractivity contribution is 0.560. The minimum atomic E-state index is 0.701. The normalized spacial score (nSPS) is 12.7. The molecular formula is C38H31N3. The number of hydrogen-bond acceptors (Lipinski definition) is 1. The molecule has 0 saturated heterocycles. The van der Waals surface area contributed by atoms with E-state index >= 15 is 0 Å². The van der Waals surface area contributed by atoms with E-state index in [4.69, 9.17) is 0 Å². The molecular weight excluding hydrogens is 498 g/mol. The lowest BCUT2D eigenvalue weighted by Gasteiger charge is -2.12. The average molecular weight is 530 g/mol. The zero-order valence-electron chi connectivity index (χ0n) is 23.4. The molecule has 0 aliphatic carbocycles. The zero-order valence-corrected chi connectivity index (χ0v) is 23.4. The van der Waals surface area contributed by atoms with Crippen LogP contribution in [0.1, 0.15) is 25.8 Å². The van der Waals surface area contributed by atoms with Crippen molar-refractivity contribution in [1.29, 1.82) is 0 Å². The van der Waals surface area contributed by atoms with Crippen LogP contribution >= 0.6 is 0 Å². The molecule has 0 N–H and O–H groups in total. The van der Waals surface area contributed by atoms with E-state index in [1.54, 1.807) is 0 Å². The summed E-state index contributed by atoms with van der Waals surface area (Å²) in [5.41, 5.74) is 9.80. The van der Waals surface area contributed by atoms with Crippen LogP contribution < -0.4 is 0 Å². The molecule has 8 aromatic rings. The molecule has 3 heterocycles. The van der Waals surface area contributed by atoms with Crippen LogP contribution in [0.5, 0.6) is 0 Å². The maximum atomic E-state index is 4.60. The Morgan fingerprint density at radius 3 is 1.98 bits per heavy atom. The van der Waals surface area contributed by atoms with Gasteiger partial charge in [-0.1, -0.05) is 87.0 Å². The highest BCUT2D eigenvalue weighted by molar-refractivity contribution is 6.14. The highest BCUT2D eigenvalue weighted by Crippen LogP contribution is 2.37. The molecule has 0 saturated carbocycles. The maximum Gasteiger partial charge on any atom is 0.0747 e. The number of hydrogen-bond donors (Lipinski definition) is 0. The van der Waals surface area contributed by atoms with Gasteiger partial charge in [0.2, 0.25) is 0 Å². The summed E-state index contributed by atoms with van der Waals surface area (Å²) in [6, 6.07) is 42.4. The molecule has 3 nitrogen and oxygen atoms in total. The summed E-state index contributed by atoms with van der Waals surface area (Å²) in [5.74, 6) is 0.701. The quantitative estimate of drug-likeness (QED) is 0.203. The van der Waals surface area contributed by atoms with Crippen molar-refractivity contribution in [3.8, 4) is 16.8 Å². The molecule has 41 heavy (non-hydrogen) atoms. The number of nitrogens with zero attached hydrogens (tertiary/aromatic N) is 3. The van der Waals surface area contributed by atoms with Crippen LogP contribution in [0.25, 0.3) is 65.8 Å². The summed E-state index contributed by atoms with van der Waals surface area (Å²) in [5, 5.41) is 10.9. The van der Waals surface area contributed by atoms with E-state index in [0.29, 0.717) is 5.92 Å². The van der Waals surface area contributed by atoms with Crippen molar-refractivity contribution < 1.29 is 0 Å². The van der Waals surface area contributed by atoms with Crippen LogP contribution in [0.4, 0.5) is 0 Å². The first-order chi connectivity index (χ1) is 20.2. The lowest BCUT2D eigenvalue weighted by atomic mass is 9.97. The van der Waals surface area contributed by atoms with Crippen LogP contribution in [-0.2, 0) is 6.42 Å². The first-order valence-electron chi connectivity index (χ1n) is 14.6. The van der Waals surface area contributed by atoms with E-state index in [-0.39, 0.29) is 0 Å². The summed E-state index contributed by atoms with van der Waals surface area (Å²) in [7, 11) is 0. The van der Waals surface area contributed by atoms with E-state index in [0.717, 1.165) is 17.5 Å². The van der Waals surface area contributed by atoms with Crippen molar-refractivity contribution in [3.05, 3.63) is 127 Å². The number of para-hydroxylation sites is 2. The van der Waals surface area contributed by atoms with Crippen LogP contribution in [0.2, 0.25) is 0 Å². The van der Waals surface area contributed by atoms with Crippen molar-refractivity contribution in [1.82, 2.24) is 14.2 Å². The topological polar surface area (TPSA) is 22.2 Å². The fraction of sp³-hybridized carbons (Fsp3) is 0.132. The Bertz CT molecular complexity index is 2230. The number of rotatable bonds is 5. The standard InChI is InChI=1S/C38H31N3/c1-3-25(2)22-26-12-16-29(17-13-26)40-35-10-6-4-9-31(35)34-24-28(15-19-36(34)40)27-14-18-32-33(23-27)30-8-5-7-11-37(30)41-38(32)20-21-39-41/h4-21,23-25H,3,22H2,1-2H3. The van der Waals surface area contributed by atoms with Gasteiger partial charge in [-0.3, -0.25) is 0 Å². The monoisotopic (exact) mass is 529 g/mol. The predicted octanol–water partition coefficient (Wildman–Crippen LogP) is 9.99. The number of fused-ring (bicyclic) bond motifs is 9. The fourth-order valence-electron chi connectivity index (χ4n) is 6.51. The third-order valence-electron chi connectivity index (χ3n) is 8.84. The van der Waals surface area contributed by atoms with Crippen molar-refractivity contribution in [2.75, 3.05) is 0 Å².